The predicted octanol–water partition coefficient (Wildman–Crippen LogP) is 1.35. The largest absolute Gasteiger partial charge is 0.375 e. The monoisotopic (exact) mass is 255 g/mol. The van der Waals surface area contributed by atoms with Crippen LogP contribution >= 0.6 is 11.5 Å². The minimum Gasteiger partial charge on any atom is -0.375 e. The van der Waals surface area contributed by atoms with Crippen molar-refractivity contribution in [1.29, 1.82) is 0 Å². The normalized spacial score (nSPS) is 25.0. The van der Waals surface area contributed by atoms with E-state index in [2.05, 4.69) is 9.59 Å². The molecule has 0 aliphatic carbocycles. The maximum atomic E-state index is 12.4. The number of rotatable bonds is 2. The summed E-state index contributed by atoms with van der Waals surface area (Å²) in [5.41, 5.74) is 0.798. The number of aromatic nitrogens is 2. The molecule has 2 atom stereocenters. The molecule has 1 aromatic heterocycles. The Hall–Kier alpha value is -1.01. The number of ether oxygens (including phenoxy) is 1. The van der Waals surface area contributed by atoms with Crippen LogP contribution in [0.25, 0.3) is 0 Å². The number of carbonyl (C=O) groups excluding carboxylic acids is 1. The number of amides is 1. The second-order valence-electron chi connectivity index (χ2n) is 4.35. The van der Waals surface area contributed by atoms with Crippen LogP contribution in [0.4, 0.5) is 0 Å². The molecule has 0 radical (unpaired) electrons. The first kappa shape index (κ1) is 12.4. The van der Waals surface area contributed by atoms with Gasteiger partial charge >= 0.3 is 0 Å². The van der Waals surface area contributed by atoms with Crippen LogP contribution in [0.3, 0.4) is 0 Å². The molecular weight excluding hydrogens is 238 g/mol. The molecule has 2 unspecified atom stereocenters. The number of aryl methyl sites for hydroxylation is 1. The van der Waals surface area contributed by atoms with Gasteiger partial charge in [0.2, 0.25) is 0 Å². The summed E-state index contributed by atoms with van der Waals surface area (Å²) in [6.07, 6.45) is 0.840. The van der Waals surface area contributed by atoms with Gasteiger partial charge in [0.15, 0.2) is 0 Å². The third-order valence-corrected chi connectivity index (χ3v) is 3.71. The number of nitrogens with zero attached hydrogens (tertiary/aromatic N) is 3. The molecule has 5 nitrogen and oxygen atoms in total. The van der Waals surface area contributed by atoms with Gasteiger partial charge in [-0.25, -0.2) is 0 Å². The summed E-state index contributed by atoms with van der Waals surface area (Å²) in [5.74, 6) is 0.0412. The SMILES string of the molecule is CCc1nnsc1C(=O)N1CC(C)OCC1C. The number of carbonyl (C=O) groups is 1. The van der Waals surface area contributed by atoms with Gasteiger partial charge < -0.3 is 9.64 Å². The Morgan fingerprint density at radius 2 is 2.35 bits per heavy atom. The fraction of sp³-hybridized carbons (Fsp3) is 0.727. The van der Waals surface area contributed by atoms with Gasteiger partial charge in [-0.1, -0.05) is 11.4 Å². The Morgan fingerprint density at radius 3 is 3.06 bits per heavy atom. The van der Waals surface area contributed by atoms with Crippen molar-refractivity contribution in [2.75, 3.05) is 13.2 Å². The van der Waals surface area contributed by atoms with E-state index in [-0.39, 0.29) is 18.1 Å². The lowest BCUT2D eigenvalue weighted by Crippen LogP contribution is -2.50. The molecule has 2 rings (SSSR count). The lowest BCUT2D eigenvalue weighted by atomic mass is 10.2. The fourth-order valence-corrected chi connectivity index (χ4v) is 2.63. The van der Waals surface area contributed by atoms with E-state index in [9.17, 15) is 4.79 Å². The van der Waals surface area contributed by atoms with Crippen LogP contribution in [-0.4, -0.2) is 45.7 Å². The van der Waals surface area contributed by atoms with Crippen molar-refractivity contribution < 1.29 is 9.53 Å². The number of hydrogen-bond donors (Lipinski definition) is 0. The van der Waals surface area contributed by atoms with E-state index in [4.69, 9.17) is 4.74 Å². The standard InChI is InChI=1S/C11H17N3O2S/c1-4-9-10(17-13-12-9)11(15)14-5-8(3)16-6-7(14)2/h7-8H,4-6H2,1-3H3. The molecule has 1 aromatic rings. The van der Waals surface area contributed by atoms with Gasteiger partial charge in [-0.05, 0) is 31.8 Å². The summed E-state index contributed by atoms with van der Waals surface area (Å²) >= 11 is 1.19. The van der Waals surface area contributed by atoms with E-state index in [1.165, 1.54) is 11.5 Å². The average molecular weight is 255 g/mol. The summed E-state index contributed by atoms with van der Waals surface area (Å²) in [4.78, 5) is 14.9. The van der Waals surface area contributed by atoms with Crippen LogP contribution in [0.15, 0.2) is 0 Å². The first-order chi connectivity index (χ1) is 8.13. The van der Waals surface area contributed by atoms with E-state index in [0.717, 1.165) is 12.1 Å². The molecule has 6 heteroatoms. The molecule has 0 spiro atoms. The maximum Gasteiger partial charge on any atom is 0.267 e. The highest BCUT2D eigenvalue weighted by atomic mass is 32.1. The summed E-state index contributed by atoms with van der Waals surface area (Å²) in [7, 11) is 0. The lowest BCUT2D eigenvalue weighted by molar-refractivity contribution is -0.0385. The second kappa shape index (κ2) is 5.10. The van der Waals surface area contributed by atoms with Crippen molar-refractivity contribution in [3.63, 3.8) is 0 Å². The molecule has 2 heterocycles. The highest BCUT2D eigenvalue weighted by Gasteiger charge is 2.30. The highest BCUT2D eigenvalue weighted by molar-refractivity contribution is 7.08. The topological polar surface area (TPSA) is 55.3 Å². The molecule has 0 N–H and O–H groups in total. The van der Waals surface area contributed by atoms with Crippen LogP contribution in [-0.2, 0) is 11.2 Å². The molecule has 17 heavy (non-hydrogen) atoms. The molecule has 94 valence electrons. The smallest absolute Gasteiger partial charge is 0.267 e. The van der Waals surface area contributed by atoms with Gasteiger partial charge in [-0.2, -0.15) is 0 Å². The Morgan fingerprint density at radius 1 is 1.59 bits per heavy atom. The van der Waals surface area contributed by atoms with Crippen LogP contribution in [0.2, 0.25) is 0 Å². The van der Waals surface area contributed by atoms with Crippen molar-refractivity contribution in [3.8, 4) is 0 Å². The van der Waals surface area contributed by atoms with Crippen LogP contribution in [0.1, 0.15) is 36.1 Å². The Labute approximate surface area is 105 Å². The van der Waals surface area contributed by atoms with Crippen molar-refractivity contribution in [3.05, 3.63) is 10.6 Å². The minimum atomic E-state index is 0.0412. The Kier molecular flexibility index (Phi) is 3.73. The third-order valence-electron chi connectivity index (χ3n) is 2.95. The molecule has 1 aliphatic heterocycles. The van der Waals surface area contributed by atoms with Crippen molar-refractivity contribution >= 4 is 17.4 Å². The summed E-state index contributed by atoms with van der Waals surface area (Å²) < 4.78 is 9.39. The molecule has 0 saturated carbocycles. The first-order valence-corrected chi connectivity index (χ1v) is 6.64. The summed E-state index contributed by atoms with van der Waals surface area (Å²) in [6.45, 7) is 7.21. The van der Waals surface area contributed by atoms with Gasteiger partial charge in [0.1, 0.15) is 4.88 Å². The zero-order chi connectivity index (χ0) is 12.4. The second-order valence-corrected chi connectivity index (χ2v) is 5.11. The molecule has 0 bridgehead atoms. The van der Waals surface area contributed by atoms with Gasteiger partial charge in [0, 0.05) is 6.54 Å². The summed E-state index contributed by atoms with van der Waals surface area (Å²) in [5, 5.41) is 3.98. The third kappa shape index (κ3) is 2.47. The van der Waals surface area contributed by atoms with E-state index < -0.39 is 0 Å². The fourth-order valence-electron chi connectivity index (χ4n) is 1.92. The average Bonchev–Trinajstić information content (AvgIpc) is 2.79. The van der Waals surface area contributed by atoms with Crippen molar-refractivity contribution in [1.82, 2.24) is 14.5 Å². The van der Waals surface area contributed by atoms with Gasteiger partial charge in [0.25, 0.3) is 5.91 Å². The van der Waals surface area contributed by atoms with Gasteiger partial charge in [0.05, 0.1) is 24.4 Å². The summed E-state index contributed by atoms with van der Waals surface area (Å²) in [6, 6.07) is 0.116. The molecular formula is C11H17N3O2S. The van der Waals surface area contributed by atoms with E-state index >= 15 is 0 Å². The van der Waals surface area contributed by atoms with E-state index in [1.807, 2.05) is 25.7 Å². The first-order valence-electron chi connectivity index (χ1n) is 5.87. The Bertz CT molecular complexity index is 407. The van der Waals surface area contributed by atoms with Gasteiger partial charge in [-0.3, -0.25) is 4.79 Å². The van der Waals surface area contributed by atoms with Crippen LogP contribution < -0.4 is 0 Å². The lowest BCUT2D eigenvalue weighted by Gasteiger charge is -2.36. The zero-order valence-electron chi connectivity index (χ0n) is 10.3. The molecule has 0 aromatic carbocycles. The van der Waals surface area contributed by atoms with Crippen LogP contribution in [0, 0.1) is 0 Å². The predicted molar refractivity (Wildman–Crippen MR) is 65.2 cm³/mol. The van der Waals surface area contributed by atoms with E-state index in [1.54, 1.807) is 0 Å². The maximum absolute atomic E-state index is 12.4. The van der Waals surface area contributed by atoms with Gasteiger partial charge in [-0.15, -0.1) is 5.10 Å². The molecule has 1 amide bonds. The number of morpholine rings is 1. The van der Waals surface area contributed by atoms with Crippen molar-refractivity contribution in [2.24, 2.45) is 0 Å². The van der Waals surface area contributed by atoms with Crippen LogP contribution in [0.5, 0.6) is 0 Å². The molecule has 1 saturated heterocycles. The molecule has 1 fully saturated rings. The van der Waals surface area contributed by atoms with E-state index in [0.29, 0.717) is 18.0 Å². The quantitative estimate of drug-likeness (QED) is 0.800. The highest BCUT2D eigenvalue weighted by Crippen LogP contribution is 2.19. The zero-order valence-corrected chi connectivity index (χ0v) is 11.2. The Balaban J connectivity index is 2.18. The minimum absolute atomic E-state index is 0.0412. The van der Waals surface area contributed by atoms with Crippen molar-refractivity contribution in [2.45, 2.75) is 39.3 Å². The molecule has 1 aliphatic rings. The number of hydrogen-bond acceptors (Lipinski definition) is 5.